The number of fused-ring (bicyclic) bond motifs is 1. The summed E-state index contributed by atoms with van der Waals surface area (Å²) in [6, 6.07) is 10.3. The van der Waals surface area contributed by atoms with Crippen LogP contribution in [0.5, 0.6) is 11.5 Å². The molecule has 0 unspecified atom stereocenters. The molecule has 7 heteroatoms. The molecular weight excluding hydrogens is 334 g/mol. The van der Waals surface area contributed by atoms with Crippen molar-refractivity contribution in [2.75, 3.05) is 13.1 Å². The van der Waals surface area contributed by atoms with Gasteiger partial charge in [-0.05, 0) is 31.2 Å². The van der Waals surface area contributed by atoms with Gasteiger partial charge in [0, 0.05) is 12.6 Å². The summed E-state index contributed by atoms with van der Waals surface area (Å²) in [6.07, 6.45) is 1.50. The molecule has 0 radical (unpaired) electrons. The summed E-state index contributed by atoms with van der Waals surface area (Å²) in [5, 5.41) is 28.0. The summed E-state index contributed by atoms with van der Waals surface area (Å²) < 4.78 is 11.1. The van der Waals surface area contributed by atoms with E-state index in [0.29, 0.717) is 22.6 Å². The monoisotopic (exact) mass is 349 g/mol. The molecule has 0 amide bonds. The molecule has 2 aromatic rings. The van der Waals surface area contributed by atoms with E-state index in [2.05, 4.69) is 0 Å². The van der Waals surface area contributed by atoms with Crippen molar-refractivity contribution in [1.29, 1.82) is 10.5 Å². The lowest BCUT2D eigenvalue weighted by Gasteiger charge is -2.17. The molecule has 0 spiro atoms. The Balaban J connectivity index is 1.95. The van der Waals surface area contributed by atoms with Gasteiger partial charge >= 0.3 is 0 Å². The fraction of sp³-hybridized carbons (Fsp3) is 0.211. The van der Waals surface area contributed by atoms with Crippen molar-refractivity contribution >= 4 is 11.9 Å². The number of aromatic hydroxyl groups is 1. The van der Waals surface area contributed by atoms with Gasteiger partial charge < -0.3 is 14.3 Å². The normalized spacial score (nSPS) is 14.2. The SMILES string of the molecule is Cc1ccc(/C=C2\Oc3c(ccc(O)c3CN(CC#N)CC#N)C2=O)o1. The summed E-state index contributed by atoms with van der Waals surface area (Å²) in [7, 11) is 0. The molecule has 0 saturated carbocycles. The van der Waals surface area contributed by atoms with Crippen LogP contribution in [-0.4, -0.2) is 28.9 Å². The van der Waals surface area contributed by atoms with Gasteiger partial charge in [-0.15, -0.1) is 0 Å². The molecule has 3 rings (SSSR count). The molecule has 0 fully saturated rings. The average Bonchev–Trinajstić information content (AvgIpc) is 3.15. The molecule has 0 bridgehead atoms. The van der Waals surface area contributed by atoms with E-state index >= 15 is 0 Å². The maximum absolute atomic E-state index is 12.6. The summed E-state index contributed by atoms with van der Waals surface area (Å²) in [6.45, 7) is 1.93. The second kappa shape index (κ2) is 7.14. The highest BCUT2D eigenvalue weighted by Gasteiger charge is 2.32. The van der Waals surface area contributed by atoms with Crippen molar-refractivity contribution in [3.8, 4) is 23.6 Å². The first-order valence-electron chi connectivity index (χ1n) is 7.85. The van der Waals surface area contributed by atoms with Gasteiger partial charge in [0.2, 0.25) is 5.78 Å². The smallest absolute Gasteiger partial charge is 0.232 e. The predicted octanol–water partition coefficient (Wildman–Crippen LogP) is 2.76. The van der Waals surface area contributed by atoms with Crippen molar-refractivity contribution in [2.24, 2.45) is 0 Å². The summed E-state index contributed by atoms with van der Waals surface area (Å²) in [5.74, 6) is 1.15. The number of phenols is 1. The van der Waals surface area contributed by atoms with Crippen LogP contribution in [-0.2, 0) is 6.54 Å². The van der Waals surface area contributed by atoms with Crippen LogP contribution in [0.15, 0.2) is 34.4 Å². The van der Waals surface area contributed by atoms with Crippen LogP contribution < -0.4 is 4.74 Å². The Bertz CT molecular complexity index is 960. The van der Waals surface area contributed by atoms with Gasteiger partial charge in [-0.1, -0.05) is 0 Å². The van der Waals surface area contributed by atoms with Gasteiger partial charge in [-0.25, -0.2) is 0 Å². The van der Waals surface area contributed by atoms with Crippen molar-refractivity contribution in [3.05, 3.63) is 52.7 Å². The van der Waals surface area contributed by atoms with Gasteiger partial charge in [0.25, 0.3) is 0 Å². The lowest BCUT2D eigenvalue weighted by atomic mass is 10.0. The second-order valence-corrected chi connectivity index (χ2v) is 5.79. The highest BCUT2D eigenvalue weighted by molar-refractivity contribution is 6.14. The van der Waals surface area contributed by atoms with E-state index in [9.17, 15) is 9.90 Å². The van der Waals surface area contributed by atoms with Gasteiger partial charge in [-0.3, -0.25) is 9.69 Å². The summed E-state index contributed by atoms with van der Waals surface area (Å²) >= 11 is 0. The van der Waals surface area contributed by atoms with E-state index in [-0.39, 0.29) is 42.7 Å². The number of nitriles is 2. The standard InChI is InChI=1S/C19H15N3O4/c1-12-2-3-13(25-12)10-17-18(24)14-4-5-16(23)15(19(14)26-17)11-22(8-6-20)9-7-21/h2-5,10,23H,8-9,11H2,1H3/b17-10-. The Morgan fingerprint density at radius 1 is 1.19 bits per heavy atom. The van der Waals surface area contributed by atoms with Gasteiger partial charge in [0.05, 0.1) is 36.4 Å². The lowest BCUT2D eigenvalue weighted by molar-refractivity contribution is 0.101. The van der Waals surface area contributed by atoms with Crippen LogP contribution in [0.25, 0.3) is 6.08 Å². The molecule has 1 aliphatic heterocycles. The van der Waals surface area contributed by atoms with Crippen LogP contribution in [0.4, 0.5) is 0 Å². The number of carbonyl (C=O) groups is 1. The quantitative estimate of drug-likeness (QED) is 0.652. The number of ketones is 1. The third-order valence-electron chi connectivity index (χ3n) is 3.92. The Hall–Kier alpha value is -3.55. The summed E-state index contributed by atoms with van der Waals surface area (Å²) in [5.41, 5.74) is 0.682. The van der Waals surface area contributed by atoms with Gasteiger partial charge in [-0.2, -0.15) is 10.5 Å². The predicted molar refractivity (Wildman–Crippen MR) is 91.0 cm³/mol. The fourth-order valence-electron chi connectivity index (χ4n) is 2.70. The van der Waals surface area contributed by atoms with Crippen LogP contribution in [0.3, 0.4) is 0 Å². The molecule has 1 aromatic heterocycles. The minimum Gasteiger partial charge on any atom is -0.507 e. The molecule has 0 aliphatic carbocycles. The number of Topliss-reactive ketones (excluding diaryl/α,β-unsaturated/α-hetero) is 1. The Morgan fingerprint density at radius 3 is 2.54 bits per heavy atom. The lowest BCUT2D eigenvalue weighted by Crippen LogP contribution is -2.24. The minimum atomic E-state index is -0.317. The number of ether oxygens (including phenoxy) is 1. The van der Waals surface area contributed by atoms with Crippen molar-refractivity contribution in [3.63, 3.8) is 0 Å². The summed E-state index contributed by atoms with van der Waals surface area (Å²) in [4.78, 5) is 14.1. The molecular formula is C19H15N3O4. The third kappa shape index (κ3) is 3.30. The number of allylic oxidation sites excluding steroid dienone is 1. The largest absolute Gasteiger partial charge is 0.507 e. The molecule has 7 nitrogen and oxygen atoms in total. The molecule has 1 aliphatic rings. The number of nitrogens with zero attached hydrogens (tertiary/aromatic N) is 3. The molecule has 130 valence electrons. The minimum absolute atomic E-state index is 0.0129. The number of hydrogen-bond donors (Lipinski definition) is 1. The Kier molecular flexibility index (Phi) is 4.74. The van der Waals surface area contributed by atoms with E-state index in [1.165, 1.54) is 18.2 Å². The highest BCUT2D eigenvalue weighted by atomic mass is 16.5. The number of carbonyl (C=O) groups excluding carboxylic acids is 1. The zero-order chi connectivity index (χ0) is 18.7. The number of phenolic OH excluding ortho intramolecular Hbond substituents is 1. The zero-order valence-electron chi connectivity index (χ0n) is 14.0. The number of aryl methyl sites for hydroxylation is 1. The first kappa shape index (κ1) is 17.3. The topological polar surface area (TPSA) is 110 Å². The van der Waals surface area contributed by atoms with E-state index < -0.39 is 0 Å². The third-order valence-corrected chi connectivity index (χ3v) is 3.92. The van der Waals surface area contributed by atoms with E-state index in [4.69, 9.17) is 19.7 Å². The first-order valence-corrected chi connectivity index (χ1v) is 7.85. The number of benzene rings is 1. The molecule has 0 atom stereocenters. The average molecular weight is 349 g/mol. The van der Waals surface area contributed by atoms with Gasteiger partial charge in [0.1, 0.15) is 23.0 Å². The fourth-order valence-corrected chi connectivity index (χ4v) is 2.70. The van der Waals surface area contributed by atoms with Crippen molar-refractivity contribution in [2.45, 2.75) is 13.5 Å². The molecule has 26 heavy (non-hydrogen) atoms. The Labute approximate surface area is 149 Å². The Morgan fingerprint density at radius 2 is 1.92 bits per heavy atom. The first-order chi connectivity index (χ1) is 12.5. The molecule has 1 aromatic carbocycles. The van der Waals surface area contributed by atoms with Crippen LogP contribution in [0.2, 0.25) is 0 Å². The maximum Gasteiger partial charge on any atom is 0.232 e. The highest BCUT2D eigenvalue weighted by Crippen LogP contribution is 2.40. The number of rotatable bonds is 5. The zero-order valence-corrected chi connectivity index (χ0v) is 14.0. The van der Waals surface area contributed by atoms with E-state index in [0.717, 1.165) is 0 Å². The van der Waals surface area contributed by atoms with E-state index in [1.807, 2.05) is 12.1 Å². The molecule has 1 N–H and O–H groups in total. The maximum atomic E-state index is 12.6. The van der Waals surface area contributed by atoms with Crippen LogP contribution in [0.1, 0.15) is 27.4 Å². The van der Waals surface area contributed by atoms with Crippen LogP contribution in [0, 0.1) is 29.6 Å². The molecule has 0 saturated heterocycles. The van der Waals surface area contributed by atoms with E-state index in [1.54, 1.807) is 24.0 Å². The number of furan rings is 1. The molecule has 2 heterocycles. The second-order valence-electron chi connectivity index (χ2n) is 5.79. The van der Waals surface area contributed by atoms with Crippen molar-refractivity contribution < 1.29 is 19.1 Å². The van der Waals surface area contributed by atoms with Crippen LogP contribution >= 0.6 is 0 Å². The number of hydrogen-bond acceptors (Lipinski definition) is 7. The van der Waals surface area contributed by atoms with Gasteiger partial charge in [0.15, 0.2) is 5.76 Å². The van der Waals surface area contributed by atoms with Crippen molar-refractivity contribution in [1.82, 2.24) is 4.90 Å².